The smallest absolute Gasteiger partial charge is 0.325 e. The standard InChI is InChI=1S/C22H23F2N3O5/c1-3-31-15-5-7-16(8-6-15)32-11-10-25-19(28)13-27-20(29)22(2,26-21(27)30)14-4-9-17(23)18(24)12-14/h4-9,12H,3,10-11,13H2,1-2H3,(H,25,28)(H,26,30). The highest BCUT2D eigenvalue weighted by atomic mass is 19.2. The lowest BCUT2D eigenvalue weighted by atomic mass is 9.92. The van der Waals surface area contributed by atoms with E-state index >= 15 is 0 Å². The number of amides is 4. The molecule has 2 aromatic carbocycles. The monoisotopic (exact) mass is 447 g/mol. The Hall–Kier alpha value is -3.69. The summed E-state index contributed by atoms with van der Waals surface area (Å²) in [4.78, 5) is 38.0. The number of carbonyl (C=O) groups excluding carboxylic acids is 3. The molecule has 1 aliphatic rings. The van der Waals surface area contributed by atoms with Gasteiger partial charge < -0.3 is 20.1 Å². The fraction of sp³-hybridized carbons (Fsp3) is 0.318. The van der Waals surface area contributed by atoms with E-state index in [0.29, 0.717) is 12.4 Å². The van der Waals surface area contributed by atoms with E-state index in [1.54, 1.807) is 24.3 Å². The lowest BCUT2D eigenvalue weighted by Gasteiger charge is -2.22. The molecular formula is C22H23F2N3O5. The van der Waals surface area contributed by atoms with Crippen molar-refractivity contribution in [2.45, 2.75) is 19.4 Å². The van der Waals surface area contributed by atoms with Gasteiger partial charge in [0, 0.05) is 0 Å². The predicted octanol–water partition coefficient (Wildman–Crippen LogP) is 2.33. The number of benzene rings is 2. The van der Waals surface area contributed by atoms with Gasteiger partial charge in [0.2, 0.25) is 5.91 Å². The first kappa shape index (κ1) is 23.0. The molecule has 1 atom stereocenters. The van der Waals surface area contributed by atoms with Crippen molar-refractivity contribution >= 4 is 17.8 Å². The predicted molar refractivity (Wildman–Crippen MR) is 110 cm³/mol. The van der Waals surface area contributed by atoms with Crippen LogP contribution in [0.5, 0.6) is 11.5 Å². The third kappa shape index (κ3) is 4.96. The number of urea groups is 1. The van der Waals surface area contributed by atoms with E-state index in [-0.39, 0.29) is 18.7 Å². The Labute approximate surface area is 183 Å². The highest BCUT2D eigenvalue weighted by molar-refractivity contribution is 6.09. The van der Waals surface area contributed by atoms with Crippen molar-refractivity contribution in [3.63, 3.8) is 0 Å². The summed E-state index contributed by atoms with van der Waals surface area (Å²) in [5.74, 6) is -2.21. The fourth-order valence-electron chi connectivity index (χ4n) is 3.20. The van der Waals surface area contributed by atoms with Crippen LogP contribution in [0, 0.1) is 11.6 Å². The van der Waals surface area contributed by atoms with Crippen LogP contribution in [0.15, 0.2) is 42.5 Å². The van der Waals surface area contributed by atoms with Crippen LogP contribution in [-0.4, -0.2) is 49.0 Å². The molecular weight excluding hydrogens is 424 g/mol. The molecule has 0 saturated carbocycles. The molecule has 2 N–H and O–H groups in total. The summed E-state index contributed by atoms with van der Waals surface area (Å²) in [7, 11) is 0. The van der Waals surface area contributed by atoms with Crippen molar-refractivity contribution in [2.24, 2.45) is 0 Å². The lowest BCUT2D eigenvalue weighted by molar-refractivity contribution is -0.134. The zero-order chi connectivity index (χ0) is 23.3. The Morgan fingerprint density at radius 2 is 1.72 bits per heavy atom. The SMILES string of the molecule is CCOc1ccc(OCCNC(=O)CN2C(=O)NC(C)(c3ccc(F)c(F)c3)C2=O)cc1. The van der Waals surface area contributed by atoms with Crippen LogP contribution in [0.25, 0.3) is 0 Å². The summed E-state index contributed by atoms with van der Waals surface area (Å²) in [5.41, 5.74) is -1.54. The molecule has 1 heterocycles. The van der Waals surface area contributed by atoms with Gasteiger partial charge in [-0.05, 0) is 55.8 Å². The Morgan fingerprint density at radius 3 is 2.34 bits per heavy atom. The van der Waals surface area contributed by atoms with E-state index in [9.17, 15) is 23.2 Å². The number of rotatable bonds is 9. The molecule has 10 heteroatoms. The maximum absolute atomic E-state index is 13.6. The highest BCUT2D eigenvalue weighted by Gasteiger charge is 2.49. The van der Waals surface area contributed by atoms with Crippen molar-refractivity contribution in [1.29, 1.82) is 0 Å². The second kappa shape index (κ2) is 9.63. The zero-order valence-corrected chi connectivity index (χ0v) is 17.6. The average Bonchev–Trinajstić information content (AvgIpc) is 2.98. The van der Waals surface area contributed by atoms with Crippen molar-refractivity contribution in [1.82, 2.24) is 15.5 Å². The molecule has 4 amide bonds. The van der Waals surface area contributed by atoms with E-state index < -0.39 is 41.6 Å². The second-order valence-electron chi connectivity index (χ2n) is 7.18. The normalized spacial score (nSPS) is 17.8. The Morgan fingerprint density at radius 1 is 1.06 bits per heavy atom. The number of ether oxygens (including phenoxy) is 2. The number of halogens is 2. The van der Waals surface area contributed by atoms with E-state index in [0.717, 1.165) is 22.8 Å². The van der Waals surface area contributed by atoms with Crippen LogP contribution in [0.3, 0.4) is 0 Å². The van der Waals surface area contributed by atoms with Crippen LogP contribution in [0.1, 0.15) is 19.4 Å². The molecule has 170 valence electrons. The molecule has 2 aromatic rings. The largest absolute Gasteiger partial charge is 0.494 e. The first-order valence-corrected chi connectivity index (χ1v) is 9.96. The van der Waals surface area contributed by atoms with Gasteiger partial charge in [0.05, 0.1) is 13.2 Å². The maximum atomic E-state index is 13.6. The summed E-state index contributed by atoms with van der Waals surface area (Å²) in [6, 6.07) is 9.11. The molecule has 0 aliphatic carbocycles. The highest BCUT2D eigenvalue weighted by Crippen LogP contribution is 2.29. The summed E-state index contributed by atoms with van der Waals surface area (Å²) in [5, 5.41) is 5.00. The molecule has 3 rings (SSSR count). The zero-order valence-electron chi connectivity index (χ0n) is 17.6. The Balaban J connectivity index is 1.50. The van der Waals surface area contributed by atoms with Crippen LogP contribution < -0.4 is 20.1 Å². The number of hydrogen-bond acceptors (Lipinski definition) is 5. The summed E-state index contributed by atoms with van der Waals surface area (Å²) >= 11 is 0. The van der Waals surface area contributed by atoms with E-state index in [4.69, 9.17) is 9.47 Å². The first-order valence-electron chi connectivity index (χ1n) is 9.96. The van der Waals surface area contributed by atoms with Crippen LogP contribution in [-0.2, 0) is 15.1 Å². The first-order chi connectivity index (χ1) is 15.2. The van der Waals surface area contributed by atoms with Gasteiger partial charge in [0.1, 0.15) is 30.2 Å². The van der Waals surface area contributed by atoms with Crippen molar-refractivity contribution < 1.29 is 32.6 Å². The summed E-state index contributed by atoms with van der Waals surface area (Å²) in [6.07, 6.45) is 0. The van der Waals surface area contributed by atoms with Crippen LogP contribution in [0.4, 0.5) is 13.6 Å². The number of imide groups is 1. The number of nitrogens with zero attached hydrogens (tertiary/aromatic N) is 1. The Bertz CT molecular complexity index is 1020. The molecule has 0 spiro atoms. The molecule has 1 saturated heterocycles. The van der Waals surface area contributed by atoms with Gasteiger partial charge >= 0.3 is 6.03 Å². The van der Waals surface area contributed by atoms with E-state index in [2.05, 4.69) is 10.6 Å². The molecule has 32 heavy (non-hydrogen) atoms. The number of carbonyl (C=O) groups is 3. The van der Waals surface area contributed by atoms with Crippen molar-refractivity contribution in [3.05, 3.63) is 59.7 Å². The fourth-order valence-corrected chi connectivity index (χ4v) is 3.20. The molecule has 1 fully saturated rings. The van der Waals surface area contributed by atoms with Gasteiger partial charge in [-0.25, -0.2) is 13.6 Å². The van der Waals surface area contributed by atoms with E-state index in [1.165, 1.54) is 13.0 Å². The van der Waals surface area contributed by atoms with Gasteiger partial charge in [-0.2, -0.15) is 0 Å². The van der Waals surface area contributed by atoms with Crippen molar-refractivity contribution in [3.8, 4) is 11.5 Å². The molecule has 0 aromatic heterocycles. The Kier molecular flexibility index (Phi) is 6.92. The molecule has 0 bridgehead atoms. The molecule has 0 radical (unpaired) electrons. The number of nitrogens with one attached hydrogen (secondary N) is 2. The van der Waals surface area contributed by atoms with Crippen LogP contribution >= 0.6 is 0 Å². The van der Waals surface area contributed by atoms with Gasteiger partial charge in [0.15, 0.2) is 11.6 Å². The van der Waals surface area contributed by atoms with Gasteiger partial charge in [0.25, 0.3) is 5.91 Å². The molecule has 8 nitrogen and oxygen atoms in total. The third-order valence-electron chi connectivity index (χ3n) is 4.90. The topological polar surface area (TPSA) is 97.0 Å². The molecule has 1 aliphatic heterocycles. The van der Waals surface area contributed by atoms with Crippen LogP contribution in [0.2, 0.25) is 0 Å². The summed E-state index contributed by atoms with van der Waals surface area (Å²) < 4.78 is 37.7. The number of hydrogen-bond donors (Lipinski definition) is 2. The second-order valence-corrected chi connectivity index (χ2v) is 7.18. The quantitative estimate of drug-likeness (QED) is 0.454. The molecule has 1 unspecified atom stereocenters. The minimum absolute atomic E-state index is 0.0708. The van der Waals surface area contributed by atoms with Gasteiger partial charge in [-0.3, -0.25) is 14.5 Å². The van der Waals surface area contributed by atoms with Gasteiger partial charge in [-0.15, -0.1) is 0 Å². The summed E-state index contributed by atoms with van der Waals surface area (Å²) in [6.45, 7) is 3.61. The van der Waals surface area contributed by atoms with E-state index in [1.807, 2.05) is 6.92 Å². The minimum Gasteiger partial charge on any atom is -0.494 e. The average molecular weight is 447 g/mol. The minimum atomic E-state index is -1.61. The lowest BCUT2D eigenvalue weighted by Crippen LogP contribution is -2.43. The van der Waals surface area contributed by atoms with Crippen molar-refractivity contribution in [2.75, 3.05) is 26.3 Å². The van der Waals surface area contributed by atoms with Gasteiger partial charge in [-0.1, -0.05) is 6.07 Å². The maximum Gasteiger partial charge on any atom is 0.325 e. The third-order valence-corrected chi connectivity index (χ3v) is 4.90.